The molecule has 0 saturated carbocycles. The molecular formula is C22H24N4O3S. The van der Waals surface area contributed by atoms with Crippen molar-refractivity contribution in [2.45, 2.75) is 30.7 Å². The van der Waals surface area contributed by atoms with Gasteiger partial charge < -0.3 is 5.32 Å². The molecule has 0 aliphatic carbocycles. The van der Waals surface area contributed by atoms with Crippen LogP contribution in [0.15, 0.2) is 71.9 Å². The first-order chi connectivity index (χ1) is 14.5. The summed E-state index contributed by atoms with van der Waals surface area (Å²) < 4.78 is 29.2. The van der Waals surface area contributed by atoms with E-state index in [9.17, 15) is 13.2 Å². The minimum absolute atomic E-state index is 0.155. The number of nitrogens with zero attached hydrogens (tertiary/aromatic N) is 3. The zero-order chi connectivity index (χ0) is 21.0. The van der Waals surface area contributed by atoms with Crippen molar-refractivity contribution in [3.05, 3.63) is 78.1 Å². The number of hydrogen-bond donors (Lipinski definition) is 1. The third kappa shape index (κ3) is 4.44. The highest BCUT2D eigenvalue weighted by Crippen LogP contribution is 2.22. The highest BCUT2D eigenvalue weighted by molar-refractivity contribution is 7.89. The van der Waals surface area contributed by atoms with E-state index in [-0.39, 0.29) is 10.8 Å². The Labute approximate surface area is 176 Å². The summed E-state index contributed by atoms with van der Waals surface area (Å²) in [4.78, 5) is 13.0. The number of amides is 1. The maximum Gasteiger partial charge on any atom is 0.255 e. The fourth-order valence-corrected chi connectivity index (χ4v) is 5.16. The van der Waals surface area contributed by atoms with Gasteiger partial charge in [-0.3, -0.25) is 9.48 Å². The van der Waals surface area contributed by atoms with Crippen LogP contribution in [0, 0.1) is 0 Å². The van der Waals surface area contributed by atoms with Crippen molar-refractivity contribution in [3.8, 4) is 0 Å². The number of carbonyl (C=O) groups is 1. The van der Waals surface area contributed by atoms with Crippen molar-refractivity contribution in [1.29, 1.82) is 0 Å². The highest BCUT2D eigenvalue weighted by atomic mass is 32.2. The fourth-order valence-electron chi connectivity index (χ4n) is 3.60. The molecule has 1 aliphatic heterocycles. The summed E-state index contributed by atoms with van der Waals surface area (Å²) in [6, 6.07) is 15.6. The average Bonchev–Trinajstić information content (AvgIpc) is 3.29. The summed E-state index contributed by atoms with van der Waals surface area (Å²) in [5.41, 5.74) is 1.89. The fraction of sp³-hybridized carbons (Fsp3) is 0.273. The zero-order valence-electron chi connectivity index (χ0n) is 16.6. The first kappa shape index (κ1) is 20.3. The monoisotopic (exact) mass is 424 g/mol. The molecule has 0 spiro atoms. The predicted molar refractivity (Wildman–Crippen MR) is 115 cm³/mol. The third-order valence-electron chi connectivity index (χ3n) is 5.21. The lowest BCUT2D eigenvalue weighted by molar-refractivity contribution is 0.102. The molecule has 1 N–H and O–H groups in total. The topological polar surface area (TPSA) is 84.3 Å². The van der Waals surface area contributed by atoms with Crippen LogP contribution in [-0.2, 0) is 16.6 Å². The number of anilines is 1. The van der Waals surface area contributed by atoms with Gasteiger partial charge in [0.2, 0.25) is 10.0 Å². The van der Waals surface area contributed by atoms with Crippen LogP contribution < -0.4 is 5.32 Å². The first-order valence-corrected chi connectivity index (χ1v) is 11.4. The molecule has 1 fully saturated rings. The molecule has 3 aromatic rings. The number of nitrogens with one attached hydrogen (secondary N) is 1. The smallest absolute Gasteiger partial charge is 0.255 e. The van der Waals surface area contributed by atoms with Crippen molar-refractivity contribution in [2.24, 2.45) is 0 Å². The number of hydrogen-bond acceptors (Lipinski definition) is 4. The quantitative estimate of drug-likeness (QED) is 0.658. The van der Waals surface area contributed by atoms with Crippen LogP contribution in [0.5, 0.6) is 0 Å². The molecule has 1 aromatic heterocycles. The predicted octanol–water partition coefficient (Wildman–Crippen LogP) is 3.36. The van der Waals surface area contributed by atoms with Gasteiger partial charge in [-0.25, -0.2) is 8.42 Å². The van der Waals surface area contributed by atoms with E-state index in [1.165, 1.54) is 10.4 Å². The molecule has 0 unspecified atom stereocenters. The largest absolute Gasteiger partial charge is 0.322 e. The van der Waals surface area contributed by atoms with Gasteiger partial charge in [0.1, 0.15) is 0 Å². The summed E-state index contributed by atoms with van der Waals surface area (Å²) in [7, 11) is -3.59. The van der Waals surface area contributed by atoms with Crippen LogP contribution in [0.2, 0.25) is 0 Å². The summed E-state index contributed by atoms with van der Waals surface area (Å²) in [6.45, 7) is 1.58. The van der Waals surface area contributed by atoms with Gasteiger partial charge in [0.05, 0.1) is 11.4 Å². The van der Waals surface area contributed by atoms with Gasteiger partial charge in [-0.1, -0.05) is 30.7 Å². The molecule has 2 aromatic carbocycles. The van der Waals surface area contributed by atoms with Gasteiger partial charge in [-0.05, 0) is 48.7 Å². The molecule has 7 nitrogen and oxygen atoms in total. The summed E-state index contributed by atoms with van der Waals surface area (Å²) in [6.07, 6.45) is 6.34. The minimum Gasteiger partial charge on any atom is -0.322 e. The Morgan fingerprint density at radius 1 is 1.00 bits per heavy atom. The molecule has 156 valence electrons. The maximum absolute atomic E-state index is 12.9. The molecule has 8 heteroatoms. The van der Waals surface area contributed by atoms with E-state index in [0.717, 1.165) is 24.8 Å². The number of sulfonamides is 1. The van der Waals surface area contributed by atoms with E-state index in [1.54, 1.807) is 29.1 Å². The van der Waals surface area contributed by atoms with E-state index in [0.29, 0.717) is 30.9 Å². The number of benzene rings is 2. The van der Waals surface area contributed by atoms with Gasteiger partial charge in [-0.15, -0.1) is 0 Å². The van der Waals surface area contributed by atoms with E-state index >= 15 is 0 Å². The SMILES string of the molecule is O=C(Nc1ccccc1Cn1cccn1)c1cccc(S(=O)(=O)N2CCCCC2)c1. The second kappa shape index (κ2) is 8.81. The number of para-hydroxylation sites is 1. The molecule has 1 amide bonds. The van der Waals surface area contributed by atoms with Crippen LogP contribution in [-0.4, -0.2) is 41.5 Å². The molecule has 4 rings (SSSR count). The Morgan fingerprint density at radius 3 is 2.57 bits per heavy atom. The number of rotatable bonds is 6. The molecule has 0 radical (unpaired) electrons. The number of piperidine rings is 1. The van der Waals surface area contributed by atoms with E-state index in [1.807, 2.05) is 36.5 Å². The lowest BCUT2D eigenvalue weighted by atomic mass is 10.1. The van der Waals surface area contributed by atoms with Gasteiger partial charge >= 0.3 is 0 Å². The Kier molecular flexibility index (Phi) is 5.96. The zero-order valence-corrected chi connectivity index (χ0v) is 17.4. The van der Waals surface area contributed by atoms with Gasteiger partial charge in [0, 0.05) is 36.7 Å². The molecule has 0 bridgehead atoms. The van der Waals surface area contributed by atoms with E-state index in [4.69, 9.17) is 0 Å². The van der Waals surface area contributed by atoms with Crippen molar-refractivity contribution >= 4 is 21.6 Å². The number of carbonyl (C=O) groups excluding carboxylic acids is 1. The van der Waals surface area contributed by atoms with Crippen LogP contribution in [0.25, 0.3) is 0 Å². The lowest BCUT2D eigenvalue weighted by Crippen LogP contribution is -2.35. The minimum atomic E-state index is -3.59. The van der Waals surface area contributed by atoms with Gasteiger partial charge in [0.25, 0.3) is 5.91 Å². The van der Waals surface area contributed by atoms with Gasteiger partial charge in [0.15, 0.2) is 0 Å². The van der Waals surface area contributed by atoms with Crippen LogP contribution in [0.1, 0.15) is 35.2 Å². The van der Waals surface area contributed by atoms with Crippen molar-refractivity contribution in [2.75, 3.05) is 18.4 Å². The maximum atomic E-state index is 12.9. The molecule has 1 saturated heterocycles. The van der Waals surface area contributed by atoms with Gasteiger partial charge in [-0.2, -0.15) is 9.40 Å². The van der Waals surface area contributed by atoms with Crippen molar-refractivity contribution in [1.82, 2.24) is 14.1 Å². The first-order valence-electron chi connectivity index (χ1n) is 10.0. The second-order valence-corrected chi connectivity index (χ2v) is 9.25. The Bertz CT molecular complexity index is 1120. The Morgan fingerprint density at radius 2 is 1.80 bits per heavy atom. The lowest BCUT2D eigenvalue weighted by Gasteiger charge is -2.26. The molecule has 2 heterocycles. The Balaban J connectivity index is 1.54. The molecule has 30 heavy (non-hydrogen) atoms. The average molecular weight is 425 g/mol. The normalized spacial score (nSPS) is 15.1. The summed E-state index contributed by atoms with van der Waals surface area (Å²) >= 11 is 0. The van der Waals surface area contributed by atoms with Crippen LogP contribution >= 0.6 is 0 Å². The molecular weight excluding hydrogens is 400 g/mol. The summed E-state index contributed by atoms with van der Waals surface area (Å²) in [5.74, 6) is -0.349. The third-order valence-corrected chi connectivity index (χ3v) is 7.10. The number of aromatic nitrogens is 2. The van der Waals surface area contributed by atoms with Crippen LogP contribution in [0.3, 0.4) is 0 Å². The standard InChI is InChI=1S/C22H24N4O3S/c27-22(24-21-11-3-2-8-19(21)17-25-13-7-12-23-25)18-9-6-10-20(16-18)30(28,29)26-14-4-1-5-15-26/h2-3,6-13,16H,1,4-5,14-15,17H2,(H,24,27). The van der Waals surface area contributed by atoms with Crippen molar-refractivity contribution in [3.63, 3.8) is 0 Å². The van der Waals surface area contributed by atoms with Crippen molar-refractivity contribution < 1.29 is 13.2 Å². The molecule has 1 aliphatic rings. The van der Waals surface area contributed by atoms with E-state index in [2.05, 4.69) is 10.4 Å². The second-order valence-electron chi connectivity index (χ2n) is 7.31. The van der Waals surface area contributed by atoms with Crippen LogP contribution in [0.4, 0.5) is 5.69 Å². The highest BCUT2D eigenvalue weighted by Gasteiger charge is 2.26. The molecule has 0 atom stereocenters. The van der Waals surface area contributed by atoms with E-state index < -0.39 is 10.0 Å². The summed E-state index contributed by atoms with van der Waals surface area (Å²) in [5, 5.41) is 7.11. The Hall–Kier alpha value is -2.97.